The molecule has 2 atom stereocenters. The fraction of sp³-hybridized carbons (Fsp3) is 1.00. The standard InChI is InChI=1S/C14H31N3OSi/c1-4-18-19(3)14(6-5-10-16(19)2)7-11-17-12-8-15-9-13-17/h14-15H,4-13H2,1-3H3. The highest BCUT2D eigenvalue weighted by molar-refractivity contribution is 6.71. The lowest BCUT2D eigenvalue weighted by Gasteiger charge is -2.46. The Labute approximate surface area is 119 Å². The first kappa shape index (κ1) is 15.4. The Kier molecular flexibility index (Phi) is 5.83. The largest absolute Gasteiger partial charge is 0.403 e. The minimum atomic E-state index is -1.66. The fourth-order valence-electron chi connectivity index (χ4n) is 3.58. The van der Waals surface area contributed by atoms with E-state index in [4.69, 9.17) is 4.43 Å². The summed E-state index contributed by atoms with van der Waals surface area (Å²) in [6.07, 6.45) is 4.05. The lowest BCUT2D eigenvalue weighted by atomic mass is 10.1. The second kappa shape index (κ2) is 7.18. The number of rotatable bonds is 5. The van der Waals surface area contributed by atoms with Gasteiger partial charge in [0.25, 0.3) is 8.48 Å². The van der Waals surface area contributed by atoms with Gasteiger partial charge in [-0.2, -0.15) is 0 Å². The predicted molar refractivity (Wildman–Crippen MR) is 82.8 cm³/mol. The summed E-state index contributed by atoms with van der Waals surface area (Å²) in [4.78, 5) is 2.62. The topological polar surface area (TPSA) is 27.7 Å². The van der Waals surface area contributed by atoms with Gasteiger partial charge in [0.15, 0.2) is 0 Å². The lowest BCUT2D eigenvalue weighted by molar-refractivity contribution is 0.205. The van der Waals surface area contributed by atoms with Crippen LogP contribution in [0.3, 0.4) is 0 Å². The monoisotopic (exact) mass is 285 g/mol. The summed E-state index contributed by atoms with van der Waals surface area (Å²) in [6, 6.07) is 0. The minimum Gasteiger partial charge on any atom is -0.403 e. The average Bonchev–Trinajstić information content (AvgIpc) is 2.42. The molecule has 1 N–H and O–H groups in total. The van der Waals surface area contributed by atoms with Crippen LogP contribution < -0.4 is 5.32 Å². The van der Waals surface area contributed by atoms with E-state index in [1.165, 1.54) is 45.4 Å². The van der Waals surface area contributed by atoms with Gasteiger partial charge in [-0.25, -0.2) is 0 Å². The van der Waals surface area contributed by atoms with Crippen molar-refractivity contribution in [3.05, 3.63) is 0 Å². The molecule has 2 unspecified atom stereocenters. The molecule has 2 heterocycles. The van der Waals surface area contributed by atoms with Crippen LogP contribution in [0.15, 0.2) is 0 Å². The molecule has 0 aliphatic carbocycles. The van der Waals surface area contributed by atoms with E-state index in [0.717, 1.165) is 25.2 Å². The molecule has 0 aromatic rings. The van der Waals surface area contributed by atoms with Gasteiger partial charge in [-0.1, -0.05) is 0 Å². The predicted octanol–water partition coefficient (Wildman–Crippen LogP) is 1.49. The van der Waals surface area contributed by atoms with E-state index in [9.17, 15) is 0 Å². The Balaban J connectivity index is 1.88. The van der Waals surface area contributed by atoms with Crippen LogP contribution in [0.1, 0.15) is 26.2 Å². The molecule has 2 rings (SSSR count). The molecule has 2 fully saturated rings. The molecule has 4 nitrogen and oxygen atoms in total. The van der Waals surface area contributed by atoms with Crippen LogP contribution in [0.2, 0.25) is 12.1 Å². The average molecular weight is 286 g/mol. The second-order valence-corrected chi connectivity index (χ2v) is 10.1. The molecule has 0 bridgehead atoms. The van der Waals surface area contributed by atoms with Crippen molar-refractivity contribution in [2.45, 2.75) is 38.3 Å². The van der Waals surface area contributed by atoms with Crippen molar-refractivity contribution in [3.8, 4) is 0 Å². The molecule has 5 heteroatoms. The van der Waals surface area contributed by atoms with Crippen LogP contribution in [0.5, 0.6) is 0 Å². The highest BCUT2D eigenvalue weighted by Gasteiger charge is 2.44. The normalized spacial score (nSPS) is 34.6. The van der Waals surface area contributed by atoms with E-state index < -0.39 is 8.48 Å². The molecule has 0 radical (unpaired) electrons. The van der Waals surface area contributed by atoms with Gasteiger partial charge < -0.3 is 19.2 Å². The van der Waals surface area contributed by atoms with Gasteiger partial charge in [0.2, 0.25) is 0 Å². The Morgan fingerprint density at radius 2 is 2.00 bits per heavy atom. The highest BCUT2D eigenvalue weighted by Crippen LogP contribution is 2.37. The number of nitrogens with zero attached hydrogens (tertiary/aromatic N) is 2. The summed E-state index contributed by atoms with van der Waals surface area (Å²) >= 11 is 0. The Morgan fingerprint density at radius 1 is 1.26 bits per heavy atom. The van der Waals surface area contributed by atoms with Gasteiger partial charge in [-0.3, -0.25) is 0 Å². The van der Waals surface area contributed by atoms with E-state index in [-0.39, 0.29) is 0 Å². The van der Waals surface area contributed by atoms with E-state index in [0.29, 0.717) is 0 Å². The quantitative estimate of drug-likeness (QED) is 0.775. The smallest absolute Gasteiger partial charge is 0.271 e. The summed E-state index contributed by atoms with van der Waals surface area (Å²) < 4.78 is 8.83. The van der Waals surface area contributed by atoms with Crippen LogP contribution >= 0.6 is 0 Å². The summed E-state index contributed by atoms with van der Waals surface area (Å²) in [6.45, 7) is 12.7. The first-order valence-electron chi connectivity index (χ1n) is 7.95. The number of nitrogens with one attached hydrogen (secondary N) is 1. The maximum Gasteiger partial charge on any atom is 0.271 e. The molecular formula is C14H31N3OSi. The van der Waals surface area contributed by atoms with Gasteiger partial charge in [-0.05, 0) is 58.4 Å². The van der Waals surface area contributed by atoms with Crippen LogP contribution in [0.4, 0.5) is 0 Å². The van der Waals surface area contributed by atoms with Crippen molar-refractivity contribution in [3.63, 3.8) is 0 Å². The minimum absolute atomic E-state index is 0.807. The molecule has 2 aliphatic rings. The van der Waals surface area contributed by atoms with Crippen LogP contribution in [-0.2, 0) is 4.43 Å². The Hall–Kier alpha value is 0.0569. The zero-order valence-electron chi connectivity index (χ0n) is 13.0. The Morgan fingerprint density at radius 3 is 2.68 bits per heavy atom. The third kappa shape index (κ3) is 3.79. The van der Waals surface area contributed by atoms with Gasteiger partial charge in [-0.15, -0.1) is 0 Å². The van der Waals surface area contributed by atoms with Crippen LogP contribution in [-0.4, -0.2) is 70.9 Å². The first-order chi connectivity index (χ1) is 9.16. The summed E-state index contributed by atoms with van der Waals surface area (Å²) in [5, 5.41) is 3.43. The molecule has 2 aliphatic heterocycles. The van der Waals surface area contributed by atoms with E-state index >= 15 is 0 Å². The zero-order valence-corrected chi connectivity index (χ0v) is 14.0. The molecule has 0 saturated carbocycles. The van der Waals surface area contributed by atoms with Crippen molar-refractivity contribution in [1.82, 2.24) is 14.8 Å². The number of hydrogen-bond acceptors (Lipinski definition) is 4. The maximum atomic E-state index is 6.27. The molecular weight excluding hydrogens is 254 g/mol. The van der Waals surface area contributed by atoms with Gasteiger partial charge in [0.05, 0.1) is 0 Å². The van der Waals surface area contributed by atoms with E-state index in [2.05, 4.69) is 35.3 Å². The number of hydrogen-bond donors (Lipinski definition) is 1. The van der Waals surface area contributed by atoms with Crippen LogP contribution in [0, 0.1) is 0 Å². The summed E-state index contributed by atoms with van der Waals surface area (Å²) in [5.74, 6) is 0. The molecule has 0 aromatic heterocycles. The summed E-state index contributed by atoms with van der Waals surface area (Å²) in [7, 11) is 0.614. The molecule has 0 aromatic carbocycles. The van der Waals surface area contributed by atoms with Crippen molar-refractivity contribution >= 4 is 8.48 Å². The van der Waals surface area contributed by atoms with Gasteiger partial charge >= 0.3 is 0 Å². The zero-order chi connectivity index (χ0) is 13.7. The van der Waals surface area contributed by atoms with Crippen LogP contribution in [0.25, 0.3) is 0 Å². The van der Waals surface area contributed by atoms with Crippen molar-refractivity contribution in [1.29, 1.82) is 0 Å². The Bertz CT molecular complexity index is 273. The van der Waals surface area contributed by atoms with Gasteiger partial charge in [0.1, 0.15) is 0 Å². The lowest BCUT2D eigenvalue weighted by Crippen LogP contribution is -2.58. The summed E-state index contributed by atoms with van der Waals surface area (Å²) in [5.41, 5.74) is 0.807. The highest BCUT2D eigenvalue weighted by atomic mass is 28.4. The SMILES string of the molecule is CCO[Si]1(C)C(CCN2CCNCC2)CCCN1C. The molecule has 19 heavy (non-hydrogen) atoms. The fourth-order valence-corrected chi connectivity index (χ4v) is 7.25. The van der Waals surface area contributed by atoms with Gasteiger partial charge in [0, 0.05) is 32.8 Å². The van der Waals surface area contributed by atoms with Crippen molar-refractivity contribution in [2.75, 3.05) is 52.9 Å². The first-order valence-corrected chi connectivity index (χ1v) is 10.4. The molecule has 2 saturated heterocycles. The second-order valence-electron chi connectivity index (χ2n) is 6.13. The molecule has 112 valence electrons. The van der Waals surface area contributed by atoms with E-state index in [1.54, 1.807) is 0 Å². The number of piperazine rings is 1. The van der Waals surface area contributed by atoms with E-state index in [1.807, 2.05) is 0 Å². The third-order valence-electron chi connectivity index (χ3n) is 5.00. The van der Waals surface area contributed by atoms with Crippen molar-refractivity contribution < 1.29 is 4.43 Å². The molecule has 0 spiro atoms. The molecule has 0 amide bonds. The maximum absolute atomic E-state index is 6.27. The third-order valence-corrected chi connectivity index (χ3v) is 9.71. The van der Waals surface area contributed by atoms with Crippen molar-refractivity contribution in [2.24, 2.45) is 0 Å².